The van der Waals surface area contributed by atoms with Crippen LogP contribution in [0.25, 0.3) is 10.9 Å². The fourth-order valence-electron chi connectivity index (χ4n) is 4.53. The number of carbonyl (C=O) groups excluding carboxylic acids is 1. The van der Waals surface area contributed by atoms with E-state index < -0.39 is 0 Å². The van der Waals surface area contributed by atoms with Crippen molar-refractivity contribution in [1.82, 2.24) is 14.9 Å². The fourth-order valence-corrected chi connectivity index (χ4v) is 4.53. The molecule has 136 valence electrons. The smallest absolute Gasteiger partial charge is 0.250 e. The third-order valence-electron chi connectivity index (χ3n) is 5.80. The zero-order valence-electron chi connectivity index (χ0n) is 15.5. The van der Waals surface area contributed by atoms with E-state index >= 15 is 0 Å². The number of aryl methyl sites for hydroxylation is 1. The Morgan fingerprint density at radius 1 is 1.15 bits per heavy atom. The quantitative estimate of drug-likeness (QED) is 0.736. The minimum absolute atomic E-state index is 0.157. The number of H-pyrrole nitrogens is 1. The lowest BCUT2D eigenvalue weighted by Gasteiger charge is -2.36. The summed E-state index contributed by atoms with van der Waals surface area (Å²) >= 11 is 0. The van der Waals surface area contributed by atoms with Crippen LogP contribution in [0.5, 0.6) is 0 Å². The van der Waals surface area contributed by atoms with Gasteiger partial charge in [0.25, 0.3) is 0 Å². The summed E-state index contributed by atoms with van der Waals surface area (Å²) in [4.78, 5) is 23.7. The fraction of sp³-hybridized carbons (Fsp3) is 0.304. The van der Waals surface area contributed by atoms with Crippen LogP contribution in [-0.4, -0.2) is 27.3 Å². The van der Waals surface area contributed by atoms with Gasteiger partial charge < -0.3 is 9.88 Å². The van der Waals surface area contributed by atoms with Gasteiger partial charge in [0.15, 0.2) is 0 Å². The zero-order chi connectivity index (χ0) is 18.4. The Morgan fingerprint density at radius 2 is 2.04 bits per heavy atom. The lowest BCUT2D eigenvalue weighted by molar-refractivity contribution is -0.129. The molecular weight excluding hydrogens is 334 g/mol. The SMILES string of the molecule is Cc1cccc(C2c3[nH]c4ccccc4c3CCN2C(=O)C2=CCCC2)n1. The molecule has 1 amide bonds. The van der Waals surface area contributed by atoms with Crippen LogP contribution in [0.1, 0.15) is 47.9 Å². The van der Waals surface area contributed by atoms with Crippen molar-refractivity contribution in [1.29, 1.82) is 0 Å². The van der Waals surface area contributed by atoms with E-state index in [9.17, 15) is 4.79 Å². The van der Waals surface area contributed by atoms with Gasteiger partial charge in [-0.15, -0.1) is 0 Å². The standard InChI is InChI=1S/C23H23N3O/c1-15-7-6-12-20(24-15)22-21-18(17-10-4-5-11-19(17)25-21)13-14-26(22)23(27)16-8-2-3-9-16/h4-8,10-12,22,25H,2-3,9,13-14H2,1H3. The van der Waals surface area contributed by atoms with Crippen molar-refractivity contribution in [3.05, 3.63) is 76.8 Å². The molecule has 0 fully saturated rings. The molecule has 3 heterocycles. The van der Waals surface area contributed by atoms with Crippen molar-refractivity contribution in [2.45, 2.75) is 38.6 Å². The van der Waals surface area contributed by atoms with Crippen LogP contribution < -0.4 is 0 Å². The monoisotopic (exact) mass is 357 g/mol. The Labute approximate surface area is 158 Å². The zero-order valence-corrected chi connectivity index (χ0v) is 15.5. The van der Waals surface area contributed by atoms with Gasteiger partial charge in [-0.1, -0.05) is 30.3 Å². The number of aromatic amines is 1. The second kappa shape index (κ2) is 6.38. The molecule has 1 atom stereocenters. The molecule has 1 unspecified atom stereocenters. The van der Waals surface area contributed by atoms with Crippen LogP contribution in [0.3, 0.4) is 0 Å². The average molecular weight is 357 g/mol. The topological polar surface area (TPSA) is 49.0 Å². The van der Waals surface area contributed by atoms with E-state index in [0.717, 1.165) is 60.4 Å². The minimum Gasteiger partial charge on any atom is -0.356 e. The normalized spacial score (nSPS) is 19.2. The van der Waals surface area contributed by atoms with E-state index in [0.29, 0.717) is 0 Å². The van der Waals surface area contributed by atoms with Gasteiger partial charge in [0.2, 0.25) is 5.91 Å². The van der Waals surface area contributed by atoms with Crippen molar-refractivity contribution in [3.8, 4) is 0 Å². The predicted molar refractivity (Wildman–Crippen MR) is 106 cm³/mol. The predicted octanol–water partition coefficient (Wildman–Crippen LogP) is 4.46. The van der Waals surface area contributed by atoms with Crippen molar-refractivity contribution >= 4 is 16.8 Å². The first-order chi connectivity index (χ1) is 13.2. The number of hydrogen-bond donors (Lipinski definition) is 1. The average Bonchev–Trinajstić information content (AvgIpc) is 3.34. The maximum absolute atomic E-state index is 13.3. The third-order valence-corrected chi connectivity index (χ3v) is 5.80. The molecule has 1 aliphatic carbocycles. The number of benzene rings is 1. The van der Waals surface area contributed by atoms with Crippen LogP contribution in [0.2, 0.25) is 0 Å². The number of para-hydroxylation sites is 1. The molecule has 4 heteroatoms. The number of nitrogens with zero attached hydrogens (tertiary/aromatic N) is 2. The summed E-state index contributed by atoms with van der Waals surface area (Å²) in [5.41, 5.74) is 6.45. The molecule has 2 aromatic heterocycles. The highest BCUT2D eigenvalue weighted by molar-refractivity contribution is 5.95. The van der Waals surface area contributed by atoms with Crippen molar-refractivity contribution < 1.29 is 4.79 Å². The second-order valence-corrected chi connectivity index (χ2v) is 7.54. The Bertz CT molecular complexity index is 1060. The van der Waals surface area contributed by atoms with Crippen molar-refractivity contribution in [2.24, 2.45) is 0 Å². The molecule has 0 radical (unpaired) electrons. The third kappa shape index (κ3) is 2.67. The highest BCUT2D eigenvalue weighted by Gasteiger charge is 2.36. The summed E-state index contributed by atoms with van der Waals surface area (Å²) in [5, 5.41) is 1.26. The van der Waals surface area contributed by atoms with Crippen LogP contribution in [0.4, 0.5) is 0 Å². The van der Waals surface area contributed by atoms with Gasteiger partial charge in [-0.05, 0) is 56.4 Å². The molecule has 1 N–H and O–H groups in total. The maximum atomic E-state index is 13.3. The molecule has 27 heavy (non-hydrogen) atoms. The number of carbonyl (C=O) groups is 1. The number of hydrogen-bond acceptors (Lipinski definition) is 2. The van der Waals surface area contributed by atoms with E-state index in [4.69, 9.17) is 4.98 Å². The van der Waals surface area contributed by atoms with Crippen molar-refractivity contribution in [3.63, 3.8) is 0 Å². The van der Waals surface area contributed by atoms with Gasteiger partial charge in [0, 0.05) is 34.4 Å². The first kappa shape index (κ1) is 16.3. The Balaban J connectivity index is 1.67. The summed E-state index contributed by atoms with van der Waals surface area (Å²) in [6, 6.07) is 14.3. The number of pyridine rings is 1. The number of aromatic nitrogens is 2. The Kier molecular flexibility index (Phi) is 3.85. The minimum atomic E-state index is -0.157. The molecular formula is C23H23N3O. The van der Waals surface area contributed by atoms with E-state index in [2.05, 4.69) is 35.3 Å². The van der Waals surface area contributed by atoms with Gasteiger partial charge in [0.05, 0.1) is 5.69 Å². The van der Waals surface area contributed by atoms with Gasteiger partial charge in [-0.25, -0.2) is 0 Å². The molecule has 0 spiro atoms. The first-order valence-corrected chi connectivity index (χ1v) is 9.75. The van der Waals surface area contributed by atoms with E-state index in [1.54, 1.807) is 0 Å². The highest BCUT2D eigenvalue weighted by atomic mass is 16.2. The number of allylic oxidation sites excluding steroid dienone is 1. The van der Waals surface area contributed by atoms with E-state index in [1.807, 2.05) is 30.0 Å². The number of fused-ring (bicyclic) bond motifs is 3. The summed E-state index contributed by atoms with van der Waals surface area (Å²) in [5.74, 6) is 0.171. The molecule has 0 saturated heterocycles. The van der Waals surface area contributed by atoms with Crippen molar-refractivity contribution in [2.75, 3.05) is 6.54 Å². The summed E-state index contributed by atoms with van der Waals surface area (Å²) in [6.45, 7) is 2.73. The first-order valence-electron chi connectivity index (χ1n) is 9.75. The summed E-state index contributed by atoms with van der Waals surface area (Å²) in [7, 11) is 0. The van der Waals surface area contributed by atoms with Crippen LogP contribution in [0.15, 0.2) is 54.1 Å². The Hall–Kier alpha value is -2.88. The molecule has 1 aromatic carbocycles. The van der Waals surface area contributed by atoms with Crippen LogP contribution in [-0.2, 0) is 11.2 Å². The Morgan fingerprint density at radius 3 is 2.85 bits per heavy atom. The van der Waals surface area contributed by atoms with Gasteiger partial charge in [-0.2, -0.15) is 0 Å². The summed E-state index contributed by atoms with van der Waals surface area (Å²) in [6.07, 6.45) is 5.98. The number of nitrogens with one attached hydrogen (secondary N) is 1. The van der Waals surface area contributed by atoms with Crippen LogP contribution >= 0.6 is 0 Å². The lowest BCUT2D eigenvalue weighted by atomic mass is 9.94. The number of rotatable bonds is 2. The van der Waals surface area contributed by atoms with Gasteiger partial charge in [-0.3, -0.25) is 9.78 Å². The lowest BCUT2D eigenvalue weighted by Crippen LogP contribution is -2.41. The molecule has 1 aliphatic heterocycles. The molecule has 3 aromatic rings. The molecule has 0 saturated carbocycles. The summed E-state index contributed by atoms with van der Waals surface area (Å²) < 4.78 is 0. The van der Waals surface area contributed by atoms with Gasteiger partial charge >= 0.3 is 0 Å². The van der Waals surface area contributed by atoms with E-state index in [1.165, 1.54) is 10.9 Å². The highest BCUT2D eigenvalue weighted by Crippen LogP contribution is 2.39. The molecule has 5 rings (SSSR count). The van der Waals surface area contributed by atoms with Crippen LogP contribution in [0, 0.1) is 6.92 Å². The molecule has 4 nitrogen and oxygen atoms in total. The molecule has 2 aliphatic rings. The van der Waals surface area contributed by atoms with Gasteiger partial charge in [0.1, 0.15) is 6.04 Å². The maximum Gasteiger partial charge on any atom is 0.250 e. The second-order valence-electron chi connectivity index (χ2n) is 7.54. The number of amides is 1. The van der Waals surface area contributed by atoms with E-state index in [-0.39, 0.29) is 11.9 Å². The molecule has 0 bridgehead atoms. The largest absolute Gasteiger partial charge is 0.356 e.